The summed E-state index contributed by atoms with van der Waals surface area (Å²) >= 11 is 0. The molecule has 1 atom stereocenters. The number of methoxy groups -OCH3 is 2. The van der Waals surface area contributed by atoms with Crippen LogP contribution in [-0.2, 0) is 16.1 Å². The molecule has 4 rings (SSSR count). The SMILES string of the molecule is COc1ccc(CN2CCC(n3nccc3NC(=O)[C@@H](OC)c3ccccc3)CC2)cc1. The largest absolute Gasteiger partial charge is 0.497 e. The first-order valence-corrected chi connectivity index (χ1v) is 11.0. The summed E-state index contributed by atoms with van der Waals surface area (Å²) in [5.41, 5.74) is 2.10. The van der Waals surface area contributed by atoms with Crippen molar-refractivity contribution >= 4 is 11.7 Å². The van der Waals surface area contributed by atoms with Crippen molar-refractivity contribution in [1.82, 2.24) is 14.7 Å². The van der Waals surface area contributed by atoms with Crippen LogP contribution in [0.25, 0.3) is 0 Å². The topological polar surface area (TPSA) is 68.6 Å². The monoisotopic (exact) mass is 434 g/mol. The molecule has 0 aliphatic carbocycles. The van der Waals surface area contributed by atoms with Crippen LogP contribution in [0.4, 0.5) is 5.82 Å². The summed E-state index contributed by atoms with van der Waals surface area (Å²) in [6, 6.07) is 19.8. The lowest BCUT2D eigenvalue weighted by atomic mass is 10.0. The normalized spacial score (nSPS) is 15.9. The predicted molar refractivity (Wildman–Crippen MR) is 124 cm³/mol. The maximum atomic E-state index is 12.9. The zero-order valence-corrected chi connectivity index (χ0v) is 18.6. The van der Waals surface area contributed by atoms with E-state index in [1.54, 1.807) is 20.4 Å². The molecule has 1 amide bonds. The minimum Gasteiger partial charge on any atom is -0.497 e. The number of amides is 1. The van der Waals surface area contributed by atoms with Gasteiger partial charge in [-0.05, 0) is 36.1 Å². The average molecular weight is 435 g/mol. The highest BCUT2D eigenvalue weighted by Gasteiger charge is 2.25. The minimum atomic E-state index is -0.661. The van der Waals surface area contributed by atoms with Crippen molar-refractivity contribution < 1.29 is 14.3 Å². The number of carbonyl (C=O) groups excluding carboxylic acids is 1. The lowest BCUT2D eigenvalue weighted by Gasteiger charge is -2.32. The number of nitrogens with zero attached hydrogens (tertiary/aromatic N) is 3. The molecule has 1 N–H and O–H groups in total. The number of benzene rings is 2. The smallest absolute Gasteiger partial charge is 0.259 e. The van der Waals surface area contributed by atoms with Crippen LogP contribution in [0, 0.1) is 0 Å². The Morgan fingerprint density at radius 3 is 2.44 bits per heavy atom. The molecule has 3 aromatic rings. The highest BCUT2D eigenvalue weighted by molar-refractivity contribution is 5.94. The van der Waals surface area contributed by atoms with Gasteiger partial charge in [0.15, 0.2) is 6.10 Å². The Balaban J connectivity index is 1.35. The van der Waals surface area contributed by atoms with E-state index in [4.69, 9.17) is 9.47 Å². The number of hydrogen-bond donors (Lipinski definition) is 1. The second-order valence-corrected chi connectivity index (χ2v) is 8.03. The molecule has 1 aliphatic heterocycles. The first kappa shape index (κ1) is 22.0. The van der Waals surface area contributed by atoms with Gasteiger partial charge in [-0.15, -0.1) is 0 Å². The summed E-state index contributed by atoms with van der Waals surface area (Å²) in [5.74, 6) is 1.39. The van der Waals surface area contributed by atoms with Gasteiger partial charge >= 0.3 is 0 Å². The fourth-order valence-electron chi connectivity index (χ4n) is 4.23. The highest BCUT2D eigenvalue weighted by atomic mass is 16.5. The third-order valence-electron chi connectivity index (χ3n) is 5.97. The standard InChI is InChI=1S/C25H30N4O3/c1-31-22-10-8-19(9-11-22)18-28-16-13-21(14-17-28)29-23(12-15-26-29)27-25(30)24(32-2)20-6-4-3-5-7-20/h3-12,15,21,24H,13-14,16-18H2,1-2H3,(H,27,30)/t24-/m0/s1. The predicted octanol–water partition coefficient (Wildman–Crippen LogP) is 4.06. The van der Waals surface area contributed by atoms with Crippen molar-refractivity contribution in [2.75, 3.05) is 32.6 Å². The van der Waals surface area contributed by atoms with Crippen molar-refractivity contribution in [1.29, 1.82) is 0 Å². The molecular formula is C25H30N4O3. The molecule has 7 nitrogen and oxygen atoms in total. The van der Waals surface area contributed by atoms with Crippen LogP contribution in [0.3, 0.4) is 0 Å². The van der Waals surface area contributed by atoms with Crippen LogP contribution in [-0.4, -0.2) is 47.9 Å². The van der Waals surface area contributed by atoms with Gasteiger partial charge in [-0.2, -0.15) is 5.10 Å². The minimum absolute atomic E-state index is 0.197. The van der Waals surface area contributed by atoms with E-state index in [2.05, 4.69) is 27.4 Å². The maximum absolute atomic E-state index is 12.9. The van der Waals surface area contributed by atoms with Crippen molar-refractivity contribution in [2.45, 2.75) is 31.5 Å². The summed E-state index contributed by atoms with van der Waals surface area (Å²) in [5, 5.41) is 7.52. The van der Waals surface area contributed by atoms with Crippen molar-refractivity contribution in [2.24, 2.45) is 0 Å². The lowest BCUT2D eigenvalue weighted by molar-refractivity contribution is -0.126. The van der Waals surface area contributed by atoms with Gasteiger partial charge in [0.2, 0.25) is 0 Å². The Morgan fingerprint density at radius 2 is 1.78 bits per heavy atom. The van der Waals surface area contributed by atoms with E-state index < -0.39 is 6.10 Å². The number of rotatable bonds is 8. The van der Waals surface area contributed by atoms with Gasteiger partial charge in [0, 0.05) is 32.8 Å². The average Bonchev–Trinajstić information content (AvgIpc) is 3.29. The molecule has 2 heterocycles. The molecule has 32 heavy (non-hydrogen) atoms. The quantitative estimate of drug-likeness (QED) is 0.579. The van der Waals surface area contributed by atoms with E-state index in [0.29, 0.717) is 5.82 Å². The fraction of sp³-hybridized carbons (Fsp3) is 0.360. The maximum Gasteiger partial charge on any atom is 0.259 e. The summed E-state index contributed by atoms with van der Waals surface area (Å²) in [7, 11) is 3.23. The second kappa shape index (κ2) is 10.4. The van der Waals surface area contributed by atoms with Gasteiger partial charge in [-0.3, -0.25) is 9.69 Å². The van der Waals surface area contributed by atoms with Crippen molar-refractivity contribution in [3.8, 4) is 5.75 Å². The summed E-state index contributed by atoms with van der Waals surface area (Å²) in [6.07, 6.45) is 3.04. The van der Waals surface area contributed by atoms with E-state index in [1.165, 1.54) is 5.56 Å². The second-order valence-electron chi connectivity index (χ2n) is 8.03. The lowest BCUT2D eigenvalue weighted by Crippen LogP contribution is -2.35. The summed E-state index contributed by atoms with van der Waals surface area (Å²) in [4.78, 5) is 15.3. The molecule has 0 spiro atoms. The molecule has 168 valence electrons. The number of anilines is 1. The van der Waals surface area contributed by atoms with Crippen LogP contribution >= 0.6 is 0 Å². The molecule has 0 saturated carbocycles. The molecule has 1 fully saturated rings. The number of hydrogen-bond acceptors (Lipinski definition) is 5. The summed E-state index contributed by atoms with van der Waals surface area (Å²) in [6.45, 7) is 2.88. The Kier molecular flexibility index (Phi) is 7.19. The zero-order valence-electron chi connectivity index (χ0n) is 18.6. The van der Waals surface area contributed by atoms with Crippen LogP contribution in [0.15, 0.2) is 66.9 Å². The molecule has 1 saturated heterocycles. The Bertz CT molecular complexity index is 996. The molecule has 2 aromatic carbocycles. The molecule has 0 unspecified atom stereocenters. The number of aromatic nitrogens is 2. The first-order valence-electron chi connectivity index (χ1n) is 11.0. The molecule has 1 aromatic heterocycles. The third-order valence-corrected chi connectivity index (χ3v) is 5.97. The van der Waals surface area contributed by atoms with Gasteiger partial charge in [-0.1, -0.05) is 42.5 Å². The van der Waals surface area contributed by atoms with E-state index >= 15 is 0 Å². The molecule has 1 aliphatic rings. The van der Waals surface area contributed by atoms with Crippen LogP contribution in [0.2, 0.25) is 0 Å². The van der Waals surface area contributed by atoms with Crippen LogP contribution in [0.1, 0.15) is 36.1 Å². The van der Waals surface area contributed by atoms with Gasteiger partial charge in [0.05, 0.1) is 19.3 Å². The van der Waals surface area contributed by atoms with Crippen LogP contribution < -0.4 is 10.1 Å². The highest BCUT2D eigenvalue weighted by Crippen LogP contribution is 2.27. The number of ether oxygens (including phenoxy) is 2. The molecule has 7 heteroatoms. The molecular weight excluding hydrogens is 404 g/mol. The first-order chi connectivity index (χ1) is 15.7. The Hall–Kier alpha value is -3.16. The number of piperidine rings is 1. The fourth-order valence-corrected chi connectivity index (χ4v) is 4.23. The number of carbonyl (C=O) groups is 1. The Labute approximate surface area is 188 Å². The van der Waals surface area contributed by atoms with E-state index in [9.17, 15) is 4.79 Å². The van der Waals surface area contributed by atoms with E-state index in [-0.39, 0.29) is 11.9 Å². The van der Waals surface area contributed by atoms with Crippen molar-refractivity contribution in [3.63, 3.8) is 0 Å². The molecule has 0 radical (unpaired) electrons. The van der Waals surface area contributed by atoms with Gasteiger partial charge in [0.25, 0.3) is 5.91 Å². The van der Waals surface area contributed by atoms with Gasteiger partial charge < -0.3 is 14.8 Å². The van der Waals surface area contributed by atoms with Gasteiger partial charge in [0.1, 0.15) is 11.6 Å². The van der Waals surface area contributed by atoms with Crippen LogP contribution in [0.5, 0.6) is 5.75 Å². The summed E-state index contributed by atoms with van der Waals surface area (Å²) < 4.78 is 12.6. The van der Waals surface area contributed by atoms with E-state index in [1.807, 2.05) is 53.2 Å². The third kappa shape index (κ3) is 5.18. The Morgan fingerprint density at radius 1 is 1.06 bits per heavy atom. The number of likely N-dealkylation sites (tertiary alicyclic amines) is 1. The van der Waals surface area contributed by atoms with Gasteiger partial charge in [-0.25, -0.2) is 4.68 Å². The molecule has 0 bridgehead atoms. The zero-order chi connectivity index (χ0) is 22.3. The number of nitrogens with one attached hydrogen (secondary N) is 1. The van der Waals surface area contributed by atoms with Crippen molar-refractivity contribution in [3.05, 3.63) is 78.0 Å². The van der Waals surface area contributed by atoms with E-state index in [0.717, 1.165) is 43.8 Å².